The molecule has 4 atom stereocenters. The number of ether oxygens (including phenoxy) is 2. The number of carboxylic acid groups (broad SMARTS) is 1. The van der Waals surface area contributed by atoms with E-state index < -0.39 is 11.8 Å². The lowest BCUT2D eigenvalue weighted by Gasteiger charge is -2.57. The molecule has 1 unspecified atom stereocenters. The largest absolute Gasteiger partial charge is 0.478 e. The first kappa shape index (κ1) is 37.0. The Morgan fingerprint density at radius 3 is 2.38 bits per heavy atom. The molecule has 278 valence electrons. The summed E-state index contributed by atoms with van der Waals surface area (Å²) < 4.78 is 14.9. The minimum atomic E-state index is -1.35. The molecule has 2 N–H and O–H groups in total. The molecule has 7 rings (SSSR count). The second kappa shape index (κ2) is 15.2. The molecule has 4 heterocycles. The molecular weight excluding hydrogens is 705 g/mol. The van der Waals surface area contributed by atoms with Gasteiger partial charge in [0.1, 0.15) is 0 Å². The summed E-state index contributed by atoms with van der Waals surface area (Å²) in [6.07, 6.45) is 6.59. The third-order valence-electron chi connectivity index (χ3n) is 11.0. The van der Waals surface area contributed by atoms with Crippen molar-refractivity contribution in [2.24, 2.45) is 7.05 Å². The number of hydrogen-bond donors (Lipinski definition) is 2. The summed E-state index contributed by atoms with van der Waals surface area (Å²) in [5.41, 5.74) is 2.72. The lowest BCUT2D eigenvalue weighted by Crippen LogP contribution is -2.76. The number of halogens is 2. The number of nitrogens with zero attached hydrogens (tertiary/aromatic N) is 4. The minimum absolute atomic E-state index is 0.0394. The van der Waals surface area contributed by atoms with Crippen LogP contribution in [0.15, 0.2) is 54.2 Å². The van der Waals surface area contributed by atoms with Crippen molar-refractivity contribution in [2.45, 2.75) is 82.6 Å². The van der Waals surface area contributed by atoms with Gasteiger partial charge < -0.3 is 24.5 Å². The van der Waals surface area contributed by atoms with Crippen LogP contribution in [0.25, 0.3) is 10.9 Å². The first-order valence-corrected chi connectivity index (χ1v) is 19.0. The molecule has 3 aliphatic heterocycles. The number of carbonyl (C=O) groups is 3. The van der Waals surface area contributed by atoms with Crippen molar-refractivity contribution in [3.63, 3.8) is 0 Å². The second-order valence-electron chi connectivity index (χ2n) is 14.8. The van der Waals surface area contributed by atoms with Crippen molar-refractivity contribution in [3.05, 3.63) is 75.4 Å². The van der Waals surface area contributed by atoms with Gasteiger partial charge >= 0.3 is 5.97 Å². The van der Waals surface area contributed by atoms with Crippen molar-refractivity contribution >= 4 is 57.5 Å². The number of aryl methyl sites for hydroxylation is 1. The molecule has 0 spiro atoms. The third-order valence-corrected chi connectivity index (χ3v) is 11.7. The molecule has 1 amide bonds. The topological polar surface area (TPSA) is 117 Å². The number of rotatable bonds is 11. The maximum Gasteiger partial charge on any atom is 0.331 e. The van der Waals surface area contributed by atoms with Crippen LogP contribution in [0.4, 0.5) is 5.69 Å². The molecule has 4 aliphatic rings. The number of Topliss-reactive ketones (excluding diaryl/α,β-unsaturated/α-hetero) is 1. The van der Waals surface area contributed by atoms with Gasteiger partial charge in [-0.1, -0.05) is 47.5 Å². The predicted octanol–water partition coefficient (Wildman–Crippen LogP) is 5.97. The standard InChI is InChI=1S/C39H47Cl2N5O6/c1-24-19-44(20-25(2)51-24)28-21-46(22-28)39(45-14-6-7-15-45,52-29-12-10-26(11-13-29)38(49)50)36(47)17-27-16-33(41)34(18-32(27)40)42-37(48)31-23-43(3)35-9-5-4-8-30(31)35/h4-5,8-10,16,18,23-25,28-29H,6-7,11-15,17,19-22H2,1-3H3,(H,42,48)(H,49,50)/t24-,25+,29-,39?/m1/s1. The Kier molecular flexibility index (Phi) is 10.8. The normalized spacial score (nSPS) is 24.7. The van der Waals surface area contributed by atoms with E-state index in [4.69, 9.17) is 32.7 Å². The van der Waals surface area contributed by atoms with Gasteiger partial charge in [-0.2, -0.15) is 0 Å². The van der Waals surface area contributed by atoms with E-state index in [1.165, 1.54) is 0 Å². The van der Waals surface area contributed by atoms with Crippen molar-refractivity contribution < 1.29 is 29.0 Å². The summed E-state index contributed by atoms with van der Waals surface area (Å²) >= 11 is 13.7. The number of benzene rings is 2. The number of amides is 1. The van der Waals surface area contributed by atoms with E-state index in [0.717, 1.165) is 36.8 Å². The molecule has 2 aromatic carbocycles. The van der Waals surface area contributed by atoms with E-state index in [-0.39, 0.29) is 47.5 Å². The SMILES string of the molecule is C[C@@H]1CN(C2CN(C(O[C@@H]3CC=C(C(=O)O)CC3)(C(=O)Cc3cc(Cl)c(NC(=O)c4cn(C)c5ccccc45)cc3Cl)N3CCCC3)C2)C[C@H](C)O1. The molecule has 1 aromatic heterocycles. The van der Waals surface area contributed by atoms with Gasteiger partial charge in [0.15, 0.2) is 5.78 Å². The zero-order chi connectivity index (χ0) is 36.7. The summed E-state index contributed by atoms with van der Waals surface area (Å²) in [4.78, 5) is 46.9. The molecule has 11 nitrogen and oxygen atoms in total. The summed E-state index contributed by atoms with van der Waals surface area (Å²) in [5.74, 6) is -2.73. The van der Waals surface area contributed by atoms with E-state index in [9.17, 15) is 14.7 Å². The fraction of sp³-hybridized carbons (Fsp3) is 0.513. The molecular formula is C39H47Cl2N5O6. The van der Waals surface area contributed by atoms with Crippen LogP contribution < -0.4 is 5.32 Å². The zero-order valence-corrected chi connectivity index (χ0v) is 31.5. The minimum Gasteiger partial charge on any atom is -0.478 e. The third kappa shape index (κ3) is 7.29. The predicted molar refractivity (Wildman–Crippen MR) is 201 cm³/mol. The Labute approximate surface area is 314 Å². The second-order valence-corrected chi connectivity index (χ2v) is 15.6. The van der Waals surface area contributed by atoms with Crippen molar-refractivity contribution in [2.75, 3.05) is 44.6 Å². The van der Waals surface area contributed by atoms with Gasteiger partial charge in [0.25, 0.3) is 5.91 Å². The number of ketones is 1. The first-order chi connectivity index (χ1) is 24.9. The molecule has 1 aliphatic carbocycles. The molecule has 3 saturated heterocycles. The van der Waals surface area contributed by atoms with Crippen LogP contribution in [0.3, 0.4) is 0 Å². The monoisotopic (exact) mass is 751 g/mol. The number of hydrogen-bond acceptors (Lipinski definition) is 8. The number of para-hydroxylation sites is 1. The van der Waals surface area contributed by atoms with Crippen LogP contribution in [0.1, 0.15) is 61.9 Å². The number of carbonyl (C=O) groups excluding carboxylic acids is 2. The number of carboxylic acids is 1. The fourth-order valence-electron chi connectivity index (χ4n) is 8.40. The maximum absolute atomic E-state index is 15.0. The van der Waals surface area contributed by atoms with E-state index in [1.54, 1.807) is 24.4 Å². The average Bonchev–Trinajstić information content (AvgIpc) is 3.75. The van der Waals surface area contributed by atoms with Gasteiger partial charge in [-0.15, -0.1) is 0 Å². The Morgan fingerprint density at radius 1 is 1.00 bits per heavy atom. The smallest absolute Gasteiger partial charge is 0.331 e. The lowest BCUT2D eigenvalue weighted by molar-refractivity contribution is -0.276. The van der Waals surface area contributed by atoms with E-state index in [1.807, 2.05) is 35.9 Å². The quantitative estimate of drug-likeness (QED) is 0.245. The highest BCUT2D eigenvalue weighted by molar-refractivity contribution is 6.36. The summed E-state index contributed by atoms with van der Waals surface area (Å²) in [5, 5.41) is 13.9. The molecule has 3 aromatic rings. The number of aromatic nitrogens is 1. The molecule has 13 heteroatoms. The number of anilines is 1. The van der Waals surface area contributed by atoms with Gasteiger partial charge in [0, 0.05) is 86.5 Å². The van der Waals surface area contributed by atoms with E-state index in [2.05, 4.69) is 33.9 Å². The van der Waals surface area contributed by atoms with E-state index in [0.29, 0.717) is 72.9 Å². The molecule has 0 bridgehead atoms. The number of morpholine rings is 1. The Morgan fingerprint density at radius 2 is 1.71 bits per heavy atom. The van der Waals surface area contributed by atoms with E-state index >= 15 is 4.79 Å². The number of aliphatic carboxylic acids is 1. The lowest BCUT2D eigenvalue weighted by atomic mass is 9.94. The van der Waals surface area contributed by atoms with Crippen molar-refractivity contribution in [1.29, 1.82) is 0 Å². The summed E-state index contributed by atoms with van der Waals surface area (Å²) in [6.45, 7) is 8.56. The highest BCUT2D eigenvalue weighted by atomic mass is 35.5. The van der Waals surface area contributed by atoms with Gasteiger partial charge in [-0.05, 0) is 69.7 Å². The summed E-state index contributed by atoms with van der Waals surface area (Å²) in [6, 6.07) is 11.2. The first-order valence-electron chi connectivity index (χ1n) is 18.3. The van der Waals surface area contributed by atoms with Gasteiger partial charge in [0.05, 0.1) is 34.6 Å². The highest BCUT2D eigenvalue weighted by Gasteiger charge is 2.56. The van der Waals surface area contributed by atoms with Crippen LogP contribution in [0, 0.1) is 0 Å². The van der Waals surface area contributed by atoms with Crippen LogP contribution in [0.2, 0.25) is 10.0 Å². The molecule has 0 saturated carbocycles. The maximum atomic E-state index is 15.0. The average molecular weight is 753 g/mol. The number of likely N-dealkylation sites (tertiary alicyclic amines) is 2. The Bertz CT molecular complexity index is 1880. The van der Waals surface area contributed by atoms with Gasteiger partial charge in [-0.3, -0.25) is 24.3 Å². The number of nitrogens with one attached hydrogen (secondary N) is 1. The molecule has 0 radical (unpaired) electrons. The van der Waals surface area contributed by atoms with Crippen LogP contribution >= 0.6 is 23.2 Å². The number of fused-ring (bicyclic) bond motifs is 1. The molecule has 3 fully saturated rings. The Balaban J connectivity index is 1.16. The molecule has 52 heavy (non-hydrogen) atoms. The van der Waals surface area contributed by atoms with Gasteiger partial charge in [-0.25, -0.2) is 4.79 Å². The van der Waals surface area contributed by atoms with Gasteiger partial charge in [0.2, 0.25) is 5.85 Å². The van der Waals surface area contributed by atoms with Crippen LogP contribution in [-0.2, 0) is 32.5 Å². The van der Waals surface area contributed by atoms with Crippen LogP contribution in [-0.4, -0.2) is 112 Å². The highest BCUT2D eigenvalue weighted by Crippen LogP contribution is 2.39. The zero-order valence-electron chi connectivity index (χ0n) is 29.9. The Hall–Kier alpha value is -3.29. The van der Waals surface area contributed by atoms with Crippen molar-refractivity contribution in [1.82, 2.24) is 19.3 Å². The van der Waals surface area contributed by atoms with Crippen LogP contribution in [0.5, 0.6) is 0 Å². The fourth-order valence-corrected chi connectivity index (χ4v) is 8.86. The summed E-state index contributed by atoms with van der Waals surface area (Å²) in [7, 11) is 1.89. The van der Waals surface area contributed by atoms with Crippen molar-refractivity contribution in [3.8, 4) is 0 Å².